The molecule has 2 heterocycles. The molecule has 32 heavy (non-hydrogen) atoms. The average Bonchev–Trinajstić information content (AvgIpc) is 3.33. The monoisotopic (exact) mass is 436 g/mol. The van der Waals surface area contributed by atoms with Crippen molar-refractivity contribution in [2.75, 3.05) is 13.1 Å². The lowest BCUT2D eigenvalue weighted by molar-refractivity contribution is -0.134. The molecule has 1 aromatic heterocycles. The maximum absolute atomic E-state index is 13.4. The van der Waals surface area contributed by atoms with Gasteiger partial charge in [-0.25, -0.2) is 0 Å². The van der Waals surface area contributed by atoms with Gasteiger partial charge in [-0.2, -0.15) is 0 Å². The Labute approximate surface area is 189 Å². The molecule has 0 spiro atoms. The third-order valence-corrected chi connectivity index (χ3v) is 6.76. The second kappa shape index (κ2) is 9.74. The summed E-state index contributed by atoms with van der Waals surface area (Å²) in [6, 6.07) is 11.4. The van der Waals surface area contributed by atoms with Crippen LogP contribution in [0.15, 0.2) is 52.8 Å². The first-order valence-corrected chi connectivity index (χ1v) is 11.6. The minimum atomic E-state index is -0.944. The smallest absolute Gasteiger partial charge is 0.270 e. The van der Waals surface area contributed by atoms with E-state index in [1.165, 1.54) is 0 Å². The van der Waals surface area contributed by atoms with E-state index in [-0.39, 0.29) is 23.4 Å². The Morgan fingerprint density at radius 3 is 2.41 bits per heavy atom. The second-order valence-electron chi connectivity index (χ2n) is 9.09. The summed E-state index contributed by atoms with van der Waals surface area (Å²) >= 11 is 0. The second-order valence-corrected chi connectivity index (χ2v) is 9.09. The van der Waals surface area contributed by atoms with E-state index in [0.717, 1.165) is 43.2 Å². The molecule has 1 saturated carbocycles. The summed E-state index contributed by atoms with van der Waals surface area (Å²) in [6.45, 7) is 2.85. The lowest BCUT2D eigenvalue weighted by atomic mass is 9.84. The summed E-state index contributed by atoms with van der Waals surface area (Å²) in [4.78, 5) is 27.9. The fourth-order valence-corrected chi connectivity index (χ4v) is 4.67. The van der Waals surface area contributed by atoms with Gasteiger partial charge in [-0.1, -0.05) is 49.1 Å². The first-order valence-electron chi connectivity index (χ1n) is 11.6. The van der Waals surface area contributed by atoms with Crippen LogP contribution < -0.4 is 5.32 Å². The Balaban J connectivity index is 1.46. The zero-order valence-corrected chi connectivity index (χ0v) is 18.7. The van der Waals surface area contributed by atoms with Crippen LogP contribution in [0.1, 0.15) is 61.8 Å². The van der Waals surface area contributed by atoms with Crippen LogP contribution in [-0.2, 0) is 15.2 Å². The molecule has 1 aliphatic heterocycles. The van der Waals surface area contributed by atoms with Gasteiger partial charge >= 0.3 is 0 Å². The predicted molar refractivity (Wildman–Crippen MR) is 122 cm³/mol. The van der Waals surface area contributed by atoms with Crippen LogP contribution in [0.25, 0.3) is 6.08 Å². The predicted octanol–water partition coefficient (Wildman–Crippen LogP) is 4.14. The zero-order chi connectivity index (χ0) is 22.6. The third-order valence-electron chi connectivity index (χ3n) is 6.76. The molecule has 0 atom stereocenters. The van der Waals surface area contributed by atoms with E-state index in [2.05, 4.69) is 5.32 Å². The van der Waals surface area contributed by atoms with Gasteiger partial charge in [0.1, 0.15) is 11.5 Å². The normalized spacial score (nSPS) is 19.6. The molecule has 6 heteroatoms. The number of carbonyl (C=O) groups is 2. The molecule has 1 saturated heterocycles. The van der Waals surface area contributed by atoms with Crippen LogP contribution in [0.3, 0.4) is 0 Å². The molecule has 2 aliphatic rings. The van der Waals surface area contributed by atoms with Crippen molar-refractivity contribution in [3.63, 3.8) is 0 Å². The average molecular weight is 437 g/mol. The topological polar surface area (TPSA) is 82.8 Å². The van der Waals surface area contributed by atoms with Crippen molar-refractivity contribution in [1.29, 1.82) is 0 Å². The Morgan fingerprint density at radius 1 is 1.09 bits per heavy atom. The number of aryl methyl sites for hydroxylation is 1. The molecule has 2 amide bonds. The van der Waals surface area contributed by atoms with E-state index in [4.69, 9.17) is 4.42 Å². The molecular formula is C26H32N2O4. The van der Waals surface area contributed by atoms with E-state index in [0.29, 0.717) is 31.7 Å². The molecule has 0 radical (unpaired) electrons. The van der Waals surface area contributed by atoms with Gasteiger partial charge in [-0.3, -0.25) is 9.59 Å². The molecule has 1 aromatic carbocycles. The zero-order valence-electron chi connectivity index (χ0n) is 18.7. The first-order chi connectivity index (χ1) is 15.4. The van der Waals surface area contributed by atoms with Crippen molar-refractivity contribution >= 4 is 17.9 Å². The van der Waals surface area contributed by atoms with Gasteiger partial charge in [0.25, 0.3) is 5.91 Å². The van der Waals surface area contributed by atoms with E-state index >= 15 is 0 Å². The van der Waals surface area contributed by atoms with Crippen molar-refractivity contribution < 1.29 is 19.1 Å². The summed E-state index contributed by atoms with van der Waals surface area (Å²) in [5.41, 5.74) is 1.32. The van der Waals surface area contributed by atoms with Crippen molar-refractivity contribution in [1.82, 2.24) is 10.2 Å². The van der Waals surface area contributed by atoms with E-state index in [9.17, 15) is 14.7 Å². The maximum Gasteiger partial charge on any atom is 0.270 e. The fourth-order valence-electron chi connectivity index (χ4n) is 4.67. The highest BCUT2D eigenvalue weighted by atomic mass is 16.3. The number of hydrogen-bond donors (Lipinski definition) is 2. The van der Waals surface area contributed by atoms with Gasteiger partial charge in [0, 0.05) is 25.1 Å². The number of piperidine rings is 1. The Hall–Kier alpha value is -2.86. The summed E-state index contributed by atoms with van der Waals surface area (Å²) < 4.78 is 5.39. The molecule has 170 valence electrons. The number of nitrogens with one attached hydrogen (secondary N) is 1. The molecule has 0 bridgehead atoms. The van der Waals surface area contributed by atoms with Gasteiger partial charge in [-0.05, 0) is 50.3 Å². The van der Waals surface area contributed by atoms with Gasteiger partial charge in [-0.15, -0.1) is 0 Å². The lowest BCUT2D eigenvalue weighted by Gasteiger charge is -2.39. The Morgan fingerprint density at radius 2 is 1.78 bits per heavy atom. The summed E-state index contributed by atoms with van der Waals surface area (Å²) in [5, 5.41) is 14.0. The summed E-state index contributed by atoms with van der Waals surface area (Å²) in [5.74, 6) is 0.135. The van der Waals surface area contributed by atoms with Crippen molar-refractivity contribution in [2.45, 2.75) is 57.5 Å². The summed E-state index contributed by atoms with van der Waals surface area (Å²) in [6.07, 6.45) is 9.03. The molecule has 2 aromatic rings. The molecule has 0 unspecified atom stereocenters. The van der Waals surface area contributed by atoms with Gasteiger partial charge in [0.05, 0.1) is 11.9 Å². The molecule has 6 nitrogen and oxygen atoms in total. The van der Waals surface area contributed by atoms with Crippen LogP contribution in [0.4, 0.5) is 0 Å². The van der Waals surface area contributed by atoms with Gasteiger partial charge in [0.15, 0.2) is 0 Å². The highest BCUT2D eigenvalue weighted by Gasteiger charge is 2.36. The van der Waals surface area contributed by atoms with Crippen LogP contribution >= 0.6 is 0 Å². The van der Waals surface area contributed by atoms with Gasteiger partial charge in [0.2, 0.25) is 5.91 Å². The van der Waals surface area contributed by atoms with Crippen molar-refractivity contribution in [3.8, 4) is 0 Å². The van der Waals surface area contributed by atoms with Crippen LogP contribution in [0.5, 0.6) is 0 Å². The quantitative estimate of drug-likeness (QED) is 0.691. The number of hydrogen-bond acceptors (Lipinski definition) is 4. The fraction of sp³-hybridized carbons (Fsp3) is 0.462. The van der Waals surface area contributed by atoms with Gasteiger partial charge < -0.3 is 19.7 Å². The van der Waals surface area contributed by atoms with Crippen LogP contribution in [-0.4, -0.2) is 34.9 Å². The highest BCUT2D eigenvalue weighted by molar-refractivity contribution is 6.01. The number of benzene rings is 1. The largest absolute Gasteiger partial charge is 0.465 e. The molecule has 2 N–H and O–H groups in total. The highest BCUT2D eigenvalue weighted by Crippen LogP contribution is 2.33. The minimum absolute atomic E-state index is 0.0514. The minimum Gasteiger partial charge on any atom is -0.465 e. The number of aliphatic hydroxyl groups is 1. The van der Waals surface area contributed by atoms with Crippen molar-refractivity contribution in [2.24, 2.45) is 5.92 Å². The SMILES string of the molecule is Cc1ccc(C2(O)CCN(C(=O)/C(=C/c3ccco3)NC(=O)C3CCCCC3)CC2)cc1. The molecule has 4 rings (SSSR count). The molecule has 2 fully saturated rings. The number of amides is 2. The van der Waals surface area contributed by atoms with Crippen molar-refractivity contribution in [3.05, 3.63) is 65.2 Å². The number of carbonyl (C=O) groups excluding carboxylic acids is 2. The van der Waals surface area contributed by atoms with Crippen LogP contribution in [0.2, 0.25) is 0 Å². The summed E-state index contributed by atoms with van der Waals surface area (Å²) in [7, 11) is 0. The third kappa shape index (κ3) is 5.13. The number of furan rings is 1. The number of nitrogens with zero attached hydrogens (tertiary/aromatic N) is 1. The number of rotatable bonds is 5. The van der Waals surface area contributed by atoms with Crippen LogP contribution in [0, 0.1) is 12.8 Å². The lowest BCUT2D eigenvalue weighted by Crippen LogP contribution is -2.47. The Kier molecular flexibility index (Phi) is 6.80. The molecular weight excluding hydrogens is 404 g/mol. The maximum atomic E-state index is 13.4. The Bertz CT molecular complexity index is 948. The number of likely N-dealkylation sites (tertiary alicyclic amines) is 1. The molecule has 1 aliphatic carbocycles. The van der Waals surface area contributed by atoms with E-state index in [1.807, 2.05) is 31.2 Å². The van der Waals surface area contributed by atoms with E-state index < -0.39 is 5.60 Å². The standard InChI is InChI=1S/C26H32N2O4/c1-19-9-11-21(12-10-19)26(31)13-15-28(16-14-26)25(30)23(18-22-8-5-17-32-22)27-24(29)20-6-3-2-4-7-20/h5,8-12,17-18,20,31H,2-4,6-7,13-16H2,1H3,(H,27,29)/b23-18-. The van der Waals surface area contributed by atoms with E-state index in [1.54, 1.807) is 29.4 Å². The first kappa shape index (κ1) is 22.3.